The van der Waals surface area contributed by atoms with Gasteiger partial charge in [0.15, 0.2) is 0 Å². The van der Waals surface area contributed by atoms with Crippen LogP contribution in [-0.4, -0.2) is 42.6 Å². The molecule has 2 fully saturated rings. The van der Waals surface area contributed by atoms with Gasteiger partial charge in [-0.15, -0.1) is 0 Å². The van der Waals surface area contributed by atoms with Crippen molar-refractivity contribution in [1.29, 1.82) is 0 Å². The first kappa shape index (κ1) is 16.3. The van der Waals surface area contributed by atoms with Crippen LogP contribution in [0, 0.1) is 5.92 Å². The number of rotatable bonds is 3. The second-order valence-electron chi connectivity index (χ2n) is 8.45. The Balaban J connectivity index is 1.53. The molecule has 1 atom stereocenters. The molecule has 5 heteroatoms. The van der Waals surface area contributed by atoms with Gasteiger partial charge < -0.3 is 14.1 Å². The molecule has 24 heavy (non-hydrogen) atoms. The van der Waals surface area contributed by atoms with Crippen molar-refractivity contribution < 1.29 is 14.1 Å². The number of carbonyl (C=O) groups is 1. The summed E-state index contributed by atoms with van der Waals surface area (Å²) in [5, 5.41) is 0. The monoisotopic (exact) mass is 327 g/mol. The van der Waals surface area contributed by atoms with Crippen LogP contribution >= 0.6 is 0 Å². The van der Waals surface area contributed by atoms with Gasteiger partial charge >= 0.3 is 7.12 Å². The van der Waals surface area contributed by atoms with Crippen LogP contribution in [0.2, 0.25) is 0 Å². The lowest BCUT2D eigenvalue weighted by Gasteiger charge is -2.41. The lowest BCUT2D eigenvalue weighted by molar-refractivity contribution is -0.116. The Hall–Kier alpha value is -1.17. The van der Waals surface area contributed by atoms with E-state index < -0.39 is 0 Å². The summed E-state index contributed by atoms with van der Waals surface area (Å²) in [6, 6.07) is 7.12. The molecule has 3 aliphatic rings. The fourth-order valence-electron chi connectivity index (χ4n) is 4.01. The second-order valence-corrected chi connectivity index (χ2v) is 8.45. The molecule has 0 radical (unpaired) electrons. The minimum Gasteiger partial charge on any atom is -0.399 e. The van der Waals surface area contributed by atoms with Gasteiger partial charge in [0.2, 0.25) is 0 Å². The Labute approximate surface area is 144 Å². The third-order valence-corrected chi connectivity index (χ3v) is 6.31. The predicted molar refractivity (Wildman–Crippen MR) is 94.3 cm³/mol. The number of likely N-dealkylation sites (tertiary alicyclic amines) is 1. The molecule has 0 aromatic heterocycles. The van der Waals surface area contributed by atoms with Crippen LogP contribution in [0.5, 0.6) is 0 Å². The molecule has 0 N–H and O–H groups in total. The Bertz CT molecular complexity index is 651. The highest BCUT2D eigenvalue weighted by atomic mass is 16.7. The van der Waals surface area contributed by atoms with Crippen LogP contribution in [-0.2, 0) is 20.5 Å². The van der Waals surface area contributed by atoms with Gasteiger partial charge in [-0.25, -0.2) is 0 Å². The number of benzene rings is 1. The standard InChI is InChI=1S/C19H26BNO3/c1-18(2)19(3,4)24-20(23-18)15-6-7-16-14(9-15)5-8-17(16)21-10-13(11-21)12-22/h6-7,9,12-13,17H,5,8,10-11H2,1-4H3. The van der Waals surface area contributed by atoms with Crippen LogP contribution in [0.3, 0.4) is 0 Å². The van der Waals surface area contributed by atoms with Gasteiger partial charge in [0.1, 0.15) is 6.29 Å². The maximum atomic E-state index is 10.8. The Morgan fingerprint density at radius 3 is 2.46 bits per heavy atom. The smallest absolute Gasteiger partial charge is 0.399 e. The van der Waals surface area contributed by atoms with E-state index in [0.29, 0.717) is 6.04 Å². The van der Waals surface area contributed by atoms with E-state index in [1.54, 1.807) is 0 Å². The molecule has 128 valence electrons. The summed E-state index contributed by atoms with van der Waals surface area (Å²) in [5.41, 5.74) is 3.32. The van der Waals surface area contributed by atoms with Crippen molar-refractivity contribution in [2.45, 2.75) is 57.8 Å². The van der Waals surface area contributed by atoms with Gasteiger partial charge in [0.05, 0.1) is 11.2 Å². The first-order chi connectivity index (χ1) is 11.3. The van der Waals surface area contributed by atoms with E-state index in [4.69, 9.17) is 9.31 Å². The first-order valence-electron chi connectivity index (χ1n) is 8.98. The maximum absolute atomic E-state index is 10.8. The van der Waals surface area contributed by atoms with Gasteiger partial charge in [-0.3, -0.25) is 4.90 Å². The highest BCUT2D eigenvalue weighted by molar-refractivity contribution is 6.62. The number of aryl methyl sites for hydroxylation is 1. The van der Waals surface area contributed by atoms with Gasteiger partial charge in [-0.2, -0.15) is 0 Å². The summed E-state index contributed by atoms with van der Waals surface area (Å²) < 4.78 is 12.3. The molecular weight excluding hydrogens is 301 g/mol. The van der Waals surface area contributed by atoms with Crippen molar-refractivity contribution >= 4 is 18.9 Å². The highest BCUT2D eigenvalue weighted by Gasteiger charge is 2.51. The van der Waals surface area contributed by atoms with E-state index in [1.807, 2.05) is 0 Å². The van der Waals surface area contributed by atoms with Gasteiger partial charge in [0, 0.05) is 25.0 Å². The van der Waals surface area contributed by atoms with Crippen LogP contribution in [0.4, 0.5) is 0 Å². The molecule has 0 spiro atoms. The average molecular weight is 327 g/mol. The molecule has 1 aliphatic carbocycles. The summed E-state index contributed by atoms with van der Waals surface area (Å²) in [5.74, 6) is 0.234. The molecule has 4 nitrogen and oxygen atoms in total. The van der Waals surface area contributed by atoms with E-state index >= 15 is 0 Å². The molecule has 0 bridgehead atoms. The summed E-state index contributed by atoms with van der Waals surface area (Å²) in [7, 11) is -0.289. The normalized spacial score (nSPS) is 28.7. The zero-order chi connectivity index (χ0) is 17.1. The van der Waals surface area contributed by atoms with Crippen LogP contribution < -0.4 is 5.46 Å². The molecule has 1 aromatic rings. The Kier molecular flexibility index (Phi) is 3.68. The molecule has 1 unspecified atom stereocenters. The van der Waals surface area contributed by atoms with E-state index in [2.05, 4.69) is 50.8 Å². The van der Waals surface area contributed by atoms with E-state index in [-0.39, 0.29) is 24.2 Å². The third kappa shape index (κ3) is 2.45. The Morgan fingerprint density at radius 1 is 1.17 bits per heavy atom. The largest absolute Gasteiger partial charge is 0.494 e. The highest BCUT2D eigenvalue weighted by Crippen LogP contribution is 2.40. The summed E-state index contributed by atoms with van der Waals surface area (Å²) in [6.07, 6.45) is 3.33. The topological polar surface area (TPSA) is 38.8 Å². The number of fused-ring (bicyclic) bond motifs is 1. The molecule has 1 aromatic carbocycles. The van der Waals surface area contributed by atoms with Gasteiger partial charge in [-0.05, 0) is 57.1 Å². The summed E-state index contributed by atoms with van der Waals surface area (Å²) in [4.78, 5) is 13.3. The third-order valence-electron chi connectivity index (χ3n) is 6.31. The summed E-state index contributed by atoms with van der Waals surface area (Å²) in [6.45, 7) is 10.2. The fraction of sp³-hybridized carbons (Fsp3) is 0.632. The van der Waals surface area contributed by atoms with Crippen LogP contribution in [0.25, 0.3) is 0 Å². The molecule has 2 saturated heterocycles. The molecule has 2 heterocycles. The molecule has 0 amide bonds. The van der Waals surface area contributed by atoms with Gasteiger partial charge in [-0.1, -0.05) is 18.2 Å². The predicted octanol–water partition coefficient (Wildman–Crippen LogP) is 2.10. The number of carbonyl (C=O) groups excluding carboxylic acids is 1. The number of nitrogens with zero attached hydrogens (tertiary/aromatic N) is 1. The number of hydrogen-bond donors (Lipinski definition) is 0. The zero-order valence-electron chi connectivity index (χ0n) is 15.0. The van der Waals surface area contributed by atoms with Gasteiger partial charge in [0.25, 0.3) is 0 Å². The average Bonchev–Trinajstić information content (AvgIpc) is 2.96. The van der Waals surface area contributed by atoms with Crippen molar-refractivity contribution in [2.24, 2.45) is 5.92 Å². The summed E-state index contributed by atoms with van der Waals surface area (Å²) >= 11 is 0. The van der Waals surface area contributed by atoms with Crippen molar-refractivity contribution in [3.8, 4) is 0 Å². The molecule has 4 rings (SSSR count). The molecule has 2 aliphatic heterocycles. The minimum absolute atomic E-state index is 0.234. The van der Waals surface area contributed by atoms with E-state index in [1.165, 1.54) is 11.1 Å². The van der Waals surface area contributed by atoms with Crippen molar-refractivity contribution in [3.05, 3.63) is 29.3 Å². The molecular formula is C19H26BNO3. The van der Waals surface area contributed by atoms with E-state index in [9.17, 15) is 4.79 Å². The lowest BCUT2D eigenvalue weighted by Crippen LogP contribution is -2.48. The van der Waals surface area contributed by atoms with Crippen molar-refractivity contribution in [1.82, 2.24) is 4.90 Å². The second kappa shape index (κ2) is 5.42. The minimum atomic E-state index is -0.305. The SMILES string of the molecule is CC1(C)OB(c2ccc3c(c2)CCC3N2CC(C=O)C2)OC1(C)C. The lowest BCUT2D eigenvalue weighted by atomic mass is 9.77. The quantitative estimate of drug-likeness (QED) is 0.630. The Morgan fingerprint density at radius 2 is 1.83 bits per heavy atom. The van der Waals surface area contributed by atoms with Crippen molar-refractivity contribution in [2.75, 3.05) is 13.1 Å². The maximum Gasteiger partial charge on any atom is 0.494 e. The van der Waals surface area contributed by atoms with Crippen LogP contribution in [0.1, 0.15) is 51.3 Å². The van der Waals surface area contributed by atoms with E-state index in [0.717, 1.165) is 37.7 Å². The number of aldehydes is 1. The van der Waals surface area contributed by atoms with Crippen LogP contribution in [0.15, 0.2) is 18.2 Å². The number of hydrogen-bond acceptors (Lipinski definition) is 4. The molecule has 0 saturated carbocycles. The zero-order valence-corrected chi connectivity index (χ0v) is 15.0. The first-order valence-corrected chi connectivity index (χ1v) is 8.98. The fourth-order valence-corrected chi connectivity index (χ4v) is 4.01. The van der Waals surface area contributed by atoms with Crippen molar-refractivity contribution in [3.63, 3.8) is 0 Å².